The molecular weight excluding hydrogens is 212 g/mol. The number of hydrogen-bond donors (Lipinski definition) is 0. The summed E-state index contributed by atoms with van der Waals surface area (Å²) in [5.74, 6) is 0.991. The molecule has 1 aliphatic rings. The topological polar surface area (TPSA) is 54.0 Å². The van der Waals surface area contributed by atoms with Crippen molar-refractivity contribution in [3.63, 3.8) is 0 Å². The third kappa shape index (κ3) is 2.18. The van der Waals surface area contributed by atoms with Gasteiger partial charge < -0.3 is 9.47 Å². The normalized spacial score (nSPS) is 12.7. The van der Waals surface area contributed by atoms with Gasteiger partial charge in [0.1, 0.15) is 0 Å². The molecular formula is C11H12O5. The predicted molar refractivity (Wildman–Crippen MR) is 54.1 cm³/mol. The highest BCUT2D eigenvalue weighted by atomic mass is 17.2. The van der Waals surface area contributed by atoms with E-state index in [0.717, 1.165) is 0 Å². The quantitative estimate of drug-likeness (QED) is 0.579. The lowest BCUT2D eigenvalue weighted by molar-refractivity contribution is -0.217. The van der Waals surface area contributed by atoms with Crippen LogP contribution in [0.15, 0.2) is 18.2 Å². The van der Waals surface area contributed by atoms with Crippen molar-refractivity contribution in [2.75, 3.05) is 6.79 Å². The summed E-state index contributed by atoms with van der Waals surface area (Å²) in [4.78, 5) is 20.6. The molecule has 5 heteroatoms. The summed E-state index contributed by atoms with van der Waals surface area (Å²) < 4.78 is 10.3. The number of fused-ring (bicyclic) bond motifs is 1. The molecule has 0 N–H and O–H groups in total. The molecule has 0 saturated carbocycles. The van der Waals surface area contributed by atoms with Gasteiger partial charge in [0.25, 0.3) is 0 Å². The second-order valence-electron chi connectivity index (χ2n) is 3.66. The van der Waals surface area contributed by atoms with Gasteiger partial charge in [0.05, 0.1) is 5.92 Å². The van der Waals surface area contributed by atoms with Gasteiger partial charge in [-0.1, -0.05) is 13.8 Å². The van der Waals surface area contributed by atoms with E-state index >= 15 is 0 Å². The number of ether oxygens (including phenoxy) is 2. The van der Waals surface area contributed by atoms with Crippen LogP contribution in [0, 0.1) is 5.92 Å². The summed E-state index contributed by atoms with van der Waals surface area (Å²) in [6.45, 7) is 3.65. The van der Waals surface area contributed by atoms with E-state index < -0.39 is 5.97 Å². The van der Waals surface area contributed by atoms with Crippen LogP contribution >= 0.6 is 0 Å². The van der Waals surface area contributed by atoms with Crippen LogP contribution in [0.3, 0.4) is 0 Å². The Morgan fingerprint density at radius 3 is 2.81 bits per heavy atom. The zero-order valence-corrected chi connectivity index (χ0v) is 9.06. The molecule has 2 rings (SSSR count). The maximum absolute atomic E-state index is 11.1. The van der Waals surface area contributed by atoms with Crippen LogP contribution in [0.2, 0.25) is 0 Å². The minimum atomic E-state index is -0.419. The molecule has 0 amide bonds. The number of carbonyl (C=O) groups excluding carboxylic acids is 1. The van der Waals surface area contributed by atoms with Gasteiger partial charge in [-0.25, -0.2) is 4.79 Å². The average molecular weight is 224 g/mol. The second kappa shape index (κ2) is 4.30. The van der Waals surface area contributed by atoms with E-state index in [-0.39, 0.29) is 12.7 Å². The van der Waals surface area contributed by atoms with Gasteiger partial charge in [0.2, 0.25) is 6.79 Å². The summed E-state index contributed by atoms with van der Waals surface area (Å²) in [5, 5.41) is 0. The highest BCUT2D eigenvalue weighted by Crippen LogP contribution is 2.35. The van der Waals surface area contributed by atoms with Gasteiger partial charge in [0.15, 0.2) is 17.2 Å². The van der Waals surface area contributed by atoms with E-state index in [1.807, 2.05) is 0 Å². The molecule has 0 atom stereocenters. The van der Waals surface area contributed by atoms with Crippen LogP contribution in [-0.4, -0.2) is 12.8 Å². The molecule has 0 aromatic heterocycles. The first kappa shape index (κ1) is 10.6. The van der Waals surface area contributed by atoms with Gasteiger partial charge >= 0.3 is 5.97 Å². The first-order valence-corrected chi connectivity index (χ1v) is 4.95. The van der Waals surface area contributed by atoms with Crippen LogP contribution < -0.4 is 14.4 Å². The fraction of sp³-hybridized carbons (Fsp3) is 0.364. The van der Waals surface area contributed by atoms with E-state index in [4.69, 9.17) is 14.4 Å². The Kier molecular flexibility index (Phi) is 2.85. The summed E-state index contributed by atoms with van der Waals surface area (Å²) >= 11 is 0. The van der Waals surface area contributed by atoms with E-state index in [2.05, 4.69) is 4.89 Å². The third-order valence-corrected chi connectivity index (χ3v) is 2.04. The van der Waals surface area contributed by atoms with Gasteiger partial charge in [-0.15, -0.1) is 0 Å². The molecule has 0 fully saturated rings. The van der Waals surface area contributed by atoms with Crippen molar-refractivity contribution in [3.8, 4) is 17.2 Å². The van der Waals surface area contributed by atoms with Crippen LogP contribution in [0.1, 0.15) is 13.8 Å². The number of rotatable bonds is 3. The van der Waals surface area contributed by atoms with Crippen molar-refractivity contribution in [2.45, 2.75) is 13.8 Å². The van der Waals surface area contributed by atoms with E-state index in [0.29, 0.717) is 17.2 Å². The van der Waals surface area contributed by atoms with Crippen molar-refractivity contribution >= 4 is 5.97 Å². The smallest absolute Gasteiger partial charge is 0.357 e. The molecule has 0 bridgehead atoms. The first-order valence-electron chi connectivity index (χ1n) is 4.95. The zero-order valence-electron chi connectivity index (χ0n) is 9.06. The molecule has 1 aliphatic heterocycles. The Balaban J connectivity index is 1.98. The SMILES string of the molecule is CC(C)C(=O)OOc1ccc2c(c1)OCO2. The van der Waals surface area contributed by atoms with Gasteiger partial charge in [-0.3, -0.25) is 9.78 Å². The Hall–Kier alpha value is -1.91. The summed E-state index contributed by atoms with van der Waals surface area (Å²) in [5.41, 5.74) is 0. The summed E-state index contributed by atoms with van der Waals surface area (Å²) in [6, 6.07) is 4.94. The van der Waals surface area contributed by atoms with Gasteiger partial charge in [-0.05, 0) is 12.1 Å². The lowest BCUT2D eigenvalue weighted by atomic mass is 10.2. The van der Waals surface area contributed by atoms with Crippen molar-refractivity contribution < 1.29 is 24.0 Å². The lowest BCUT2D eigenvalue weighted by Gasteiger charge is -2.06. The standard InChI is InChI=1S/C11H12O5/c1-7(2)11(12)16-15-8-3-4-9-10(5-8)14-6-13-9/h3-5,7H,6H2,1-2H3. The van der Waals surface area contributed by atoms with Crippen LogP contribution in [0.4, 0.5) is 0 Å². The Morgan fingerprint density at radius 1 is 1.31 bits per heavy atom. The molecule has 0 aliphatic carbocycles. The van der Waals surface area contributed by atoms with E-state index in [1.165, 1.54) is 0 Å². The van der Waals surface area contributed by atoms with Gasteiger partial charge in [-0.2, -0.15) is 0 Å². The average Bonchev–Trinajstić information content (AvgIpc) is 2.72. The molecule has 1 aromatic rings. The van der Waals surface area contributed by atoms with Crippen molar-refractivity contribution in [1.82, 2.24) is 0 Å². The number of benzene rings is 1. The highest BCUT2D eigenvalue weighted by molar-refractivity contribution is 5.70. The van der Waals surface area contributed by atoms with Crippen LogP contribution in [0.25, 0.3) is 0 Å². The van der Waals surface area contributed by atoms with Crippen molar-refractivity contribution in [2.24, 2.45) is 5.92 Å². The number of hydrogen-bond acceptors (Lipinski definition) is 5. The molecule has 86 valence electrons. The second-order valence-corrected chi connectivity index (χ2v) is 3.66. The molecule has 1 aromatic carbocycles. The monoisotopic (exact) mass is 224 g/mol. The van der Waals surface area contributed by atoms with Crippen LogP contribution in [-0.2, 0) is 9.68 Å². The Labute approximate surface area is 92.8 Å². The molecule has 0 radical (unpaired) electrons. The molecule has 0 spiro atoms. The van der Waals surface area contributed by atoms with Gasteiger partial charge in [0, 0.05) is 6.07 Å². The Bertz CT molecular complexity index is 399. The number of carbonyl (C=O) groups is 1. The molecule has 0 saturated heterocycles. The van der Waals surface area contributed by atoms with Crippen molar-refractivity contribution in [1.29, 1.82) is 0 Å². The Morgan fingerprint density at radius 2 is 2.06 bits per heavy atom. The zero-order chi connectivity index (χ0) is 11.5. The highest BCUT2D eigenvalue weighted by Gasteiger charge is 2.15. The fourth-order valence-electron chi connectivity index (χ4n) is 1.11. The minimum absolute atomic E-state index is 0.199. The fourth-order valence-corrected chi connectivity index (χ4v) is 1.11. The summed E-state index contributed by atoms with van der Waals surface area (Å²) in [6.07, 6.45) is 0. The van der Waals surface area contributed by atoms with Crippen molar-refractivity contribution in [3.05, 3.63) is 18.2 Å². The molecule has 5 nitrogen and oxygen atoms in total. The largest absolute Gasteiger partial charge is 0.454 e. The van der Waals surface area contributed by atoms with E-state index in [9.17, 15) is 4.79 Å². The van der Waals surface area contributed by atoms with Crippen LogP contribution in [0.5, 0.6) is 17.2 Å². The molecule has 1 heterocycles. The lowest BCUT2D eigenvalue weighted by Crippen LogP contribution is -2.13. The predicted octanol–water partition coefficient (Wildman–Crippen LogP) is 1.91. The first-order chi connectivity index (χ1) is 7.66. The molecule has 16 heavy (non-hydrogen) atoms. The maximum Gasteiger partial charge on any atom is 0.357 e. The maximum atomic E-state index is 11.1. The third-order valence-electron chi connectivity index (χ3n) is 2.04. The van der Waals surface area contributed by atoms with E-state index in [1.54, 1.807) is 32.0 Å². The minimum Gasteiger partial charge on any atom is -0.454 e. The molecule has 0 unspecified atom stereocenters. The summed E-state index contributed by atoms with van der Waals surface area (Å²) in [7, 11) is 0.